The Hall–Kier alpha value is -3.07. The first-order chi connectivity index (χ1) is 14.0. The molecule has 2 N–H and O–H groups in total. The van der Waals surface area contributed by atoms with E-state index in [1.807, 2.05) is 6.92 Å². The molecule has 8 nitrogen and oxygen atoms in total. The average molecular weight is 465 g/mol. The Morgan fingerprint density at radius 2 is 1.52 bits per heavy atom. The molecule has 0 spiro atoms. The molecule has 0 heterocycles. The Labute approximate surface area is 176 Å². The first-order valence-corrected chi connectivity index (χ1v) is 9.63. The number of esters is 1. The van der Waals surface area contributed by atoms with E-state index in [9.17, 15) is 14.4 Å². The van der Waals surface area contributed by atoms with Gasteiger partial charge < -0.3 is 14.2 Å². The van der Waals surface area contributed by atoms with Crippen molar-refractivity contribution in [3.05, 3.63) is 58.6 Å². The number of halogens is 1. The Morgan fingerprint density at radius 3 is 2.14 bits per heavy atom. The van der Waals surface area contributed by atoms with Crippen molar-refractivity contribution in [1.82, 2.24) is 10.9 Å². The fourth-order valence-corrected chi connectivity index (χ4v) is 2.37. The van der Waals surface area contributed by atoms with Gasteiger partial charge in [0.15, 0.2) is 6.61 Å². The Morgan fingerprint density at radius 1 is 0.897 bits per heavy atom. The molecule has 9 heteroatoms. The van der Waals surface area contributed by atoms with E-state index in [2.05, 4.69) is 26.8 Å². The van der Waals surface area contributed by atoms with Gasteiger partial charge in [0.2, 0.25) is 0 Å². The topological polar surface area (TPSA) is 103 Å². The number of amides is 2. The molecule has 0 saturated carbocycles. The predicted octanol–water partition coefficient (Wildman–Crippen LogP) is 2.62. The second-order valence-corrected chi connectivity index (χ2v) is 6.59. The molecule has 2 rings (SSSR count). The number of nitrogens with one attached hydrogen (secondary N) is 2. The van der Waals surface area contributed by atoms with E-state index in [4.69, 9.17) is 14.2 Å². The summed E-state index contributed by atoms with van der Waals surface area (Å²) in [6.07, 6.45) is -0.0221. The third kappa shape index (κ3) is 8.22. The highest BCUT2D eigenvalue weighted by Crippen LogP contribution is 2.17. The van der Waals surface area contributed by atoms with Crippen LogP contribution in [0.3, 0.4) is 0 Å². The second kappa shape index (κ2) is 11.7. The highest BCUT2D eigenvalue weighted by molar-refractivity contribution is 9.10. The van der Waals surface area contributed by atoms with Crippen molar-refractivity contribution in [2.75, 3.05) is 19.8 Å². The molecule has 0 aliphatic carbocycles. The lowest BCUT2D eigenvalue weighted by Gasteiger charge is -2.09. The van der Waals surface area contributed by atoms with Crippen LogP contribution >= 0.6 is 15.9 Å². The largest absolute Gasteiger partial charge is 0.494 e. The van der Waals surface area contributed by atoms with Crippen molar-refractivity contribution in [2.45, 2.75) is 13.3 Å². The molecule has 29 heavy (non-hydrogen) atoms. The van der Waals surface area contributed by atoms with E-state index in [0.717, 1.165) is 10.2 Å². The zero-order chi connectivity index (χ0) is 21.1. The van der Waals surface area contributed by atoms with Crippen molar-refractivity contribution in [3.63, 3.8) is 0 Å². The van der Waals surface area contributed by atoms with Gasteiger partial charge in [-0.25, -0.2) is 0 Å². The Balaban J connectivity index is 1.61. The zero-order valence-electron chi connectivity index (χ0n) is 15.8. The minimum absolute atomic E-state index is 0.0221. The molecular weight excluding hydrogens is 444 g/mol. The van der Waals surface area contributed by atoms with Gasteiger partial charge in [0.25, 0.3) is 11.8 Å². The molecule has 0 aliphatic heterocycles. The molecule has 0 aliphatic rings. The van der Waals surface area contributed by atoms with Gasteiger partial charge in [0.1, 0.15) is 11.5 Å². The minimum Gasteiger partial charge on any atom is -0.494 e. The van der Waals surface area contributed by atoms with Crippen molar-refractivity contribution >= 4 is 33.7 Å². The van der Waals surface area contributed by atoms with Crippen LogP contribution in [0.4, 0.5) is 0 Å². The quantitative estimate of drug-likeness (QED) is 0.436. The molecule has 0 unspecified atom stereocenters. The van der Waals surface area contributed by atoms with E-state index in [0.29, 0.717) is 17.9 Å². The number of rotatable bonds is 9. The van der Waals surface area contributed by atoms with Crippen molar-refractivity contribution in [3.8, 4) is 11.5 Å². The van der Waals surface area contributed by atoms with Crippen LogP contribution in [0.2, 0.25) is 0 Å². The van der Waals surface area contributed by atoms with Crippen LogP contribution in [-0.4, -0.2) is 37.6 Å². The van der Waals surface area contributed by atoms with Crippen molar-refractivity contribution in [1.29, 1.82) is 0 Å². The number of hydrazine groups is 1. The monoisotopic (exact) mass is 464 g/mol. The molecule has 2 amide bonds. The molecule has 0 fully saturated rings. The maximum Gasteiger partial charge on any atom is 0.309 e. The number of ether oxygens (including phenoxy) is 3. The van der Waals surface area contributed by atoms with Gasteiger partial charge in [-0.2, -0.15) is 0 Å². The lowest BCUT2D eigenvalue weighted by Crippen LogP contribution is -2.43. The highest BCUT2D eigenvalue weighted by atomic mass is 79.9. The standard InChI is InChI=1S/C20H21BrN2O6/c1-2-27-16-7-9-17(10-8-16)28-12-11-19(25)29-13-18(24)22-23-20(26)14-3-5-15(21)6-4-14/h3-10H,2,11-13H2,1H3,(H,22,24)(H,23,26). The Bertz CT molecular complexity index is 824. The highest BCUT2D eigenvalue weighted by Gasteiger charge is 2.10. The van der Waals surface area contributed by atoms with Gasteiger partial charge in [-0.05, 0) is 55.5 Å². The van der Waals surface area contributed by atoms with Gasteiger partial charge in [-0.3, -0.25) is 25.2 Å². The molecule has 0 saturated heterocycles. The first-order valence-electron chi connectivity index (χ1n) is 8.84. The molecule has 0 aromatic heterocycles. The summed E-state index contributed by atoms with van der Waals surface area (Å²) in [5.41, 5.74) is 4.79. The average Bonchev–Trinajstić information content (AvgIpc) is 2.72. The SMILES string of the molecule is CCOc1ccc(OCCC(=O)OCC(=O)NNC(=O)c2ccc(Br)cc2)cc1. The van der Waals surface area contributed by atoms with Crippen molar-refractivity contribution in [2.24, 2.45) is 0 Å². The lowest BCUT2D eigenvalue weighted by atomic mass is 10.2. The zero-order valence-corrected chi connectivity index (χ0v) is 17.4. The first kappa shape index (κ1) is 22.2. The third-order valence-corrected chi connectivity index (χ3v) is 4.02. The summed E-state index contributed by atoms with van der Waals surface area (Å²) in [4.78, 5) is 35.2. The molecule has 0 radical (unpaired) electrons. The van der Waals surface area contributed by atoms with Gasteiger partial charge >= 0.3 is 5.97 Å². The van der Waals surface area contributed by atoms with Crippen LogP contribution in [0.1, 0.15) is 23.7 Å². The van der Waals surface area contributed by atoms with Crippen LogP contribution in [0, 0.1) is 0 Å². The summed E-state index contributed by atoms with van der Waals surface area (Å²) in [7, 11) is 0. The third-order valence-electron chi connectivity index (χ3n) is 3.50. The summed E-state index contributed by atoms with van der Waals surface area (Å²) in [5, 5.41) is 0. The second-order valence-electron chi connectivity index (χ2n) is 5.67. The number of benzene rings is 2. The smallest absolute Gasteiger partial charge is 0.309 e. The van der Waals surface area contributed by atoms with E-state index in [1.165, 1.54) is 0 Å². The number of carbonyl (C=O) groups excluding carboxylic acids is 3. The maximum atomic E-state index is 11.9. The summed E-state index contributed by atoms with van der Waals surface area (Å²) < 4.78 is 16.4. The number of hydrogen-bond acceptors (Lipinski definition) is 6. The van der Waals surface area contributed by atoms with Gasteiger partial charge in [0, 0.05) is 10.0 Å². The summed E-state index contributed by atoms with van der Waals surface area (Å²) >= 11 is 3.27. The Kier molecular flexibility index (Phi) is 8.97. The van der Waals surface area contributed by atoms with E-state index < -0.39 is 24.4 Å². The van der Waals surface area contributed by atoms with Gasteiger partial charge in [0.05, 0.1) is 19.6 Å². The van der Waals surface area contributed by atoms with E-state index >= 15 is 0 Å². The maximum absolute atomic E-state index is 11.9. The van der Waals surface area contributed by atoms with Crippen LogP contribution in [0.15, 0.2) is 53.0 Å². The molecular formula is C20H21BrN2O6. The summed E-state index contributed by atoms with van der Waals surface area (Å²) in [6.45, 7) is 2.07. The van der Waals surface area contributed by atoms with Crippen molar-refractivity contribution < 1.29 is 28.6 Å². The number of hydrogen-bond donors (Lipinski definition) is 2. The molecule has 2 aromatic rings. The van der Waals surface area contributed by atoms with Crippen LogP contribution in [0.25, 0.3) is 0 Å². The van der Waals surface area contributed by atoms with Crippen LogP contribution in [-0.2, 0) is 14.3 Å². The molecule has 0 atom stereocenters. The fourth-order valence-electron chi connectivity index (χ4n) is 2.11. The van der Waals surface area contributed by atoms with Crippen LogP contribution in [0.5, 0.6) is 11.5 Å². The lowest BCUT2D eigenvalue weighted by molar-refractivity contribution is -0.149. The number of carbonyl (C=O) groups is 3. The normalized spacial score (nSPS) is 10.0. The molecule has 0 bridgehead atoms. The minimum atomic E-state index is -0.656. The van der Waals surface area contributed by atoms with Gasteiger partial charge in [-0.15, -0.1) is 0 Å². The predicted molar refractivity (Wildman–Crippen MR) is 108 cm³/mol. The molecule has 154 valence electrons. The van der Waals surface area contributed by atoms with E-state index in [-0.39, 0.29) is 13.0 Å². The molecule has 2 aromatic carbocycles. The van der Waals surface area contributed by atoms with Crippen LogP contribution < -0.4 is 20.3 Å². The fraction of sp³-hybridized carbons (Fsp3) is 0.250. The van der Waals surface area contributed by atoms with E-state index in [1.54, 1.807) is 48.5 Å². The van der Waals surface area contributed by atoms with Gasteiger partial charge in [-0.1, -0.05) is 15.9 Å². The summed E-state index contributed by atoms with van der Waals surface area (Å²) in [5.74, 6) is -0.408. The summed E-state index contributed by atoms with van der Waals surface area (Å²) in [6, 6.07) is 13.6.